The molecule has 0 bridgehead atoms. The van der Waals surface area contributed by atoms with E-state index in [0.717, 1.165) is 17.2 Å². The standard InChI is InChI=1S/C14H13N3S/c1-17(14-16-8-9-18-14)10-12-5-2-4-11-6-3-7-15-13(11)12/h2-9H,10H2,1H3. The normalized spacial score (nSPS) is 10.7. The van der Waals surface area contributed by atoms with Gasteiger partial charge in [0.05, 0.1) is 5.52 Å². The molecule has 0 radical (unpaired) electrons. The monoisotopic (exact) mass is 255 g/mol. The summed E-state index contributed by atoms with van der Waals surface area (Å²) >= 11 is 1.65. The summed E-state index contributed by atoms with van der Waals surface area (Å²) in [6, 6.07) is 10.4. The molecule has 0 unspecified atom stereocenters. The van der Waals surface area contributed by atoms with Crippen LogP contribution in [0.1, 0.15) is 5.56 Å². The van der Waals surface area contributed by atoms with Gasteiger partial charge in [-0.1, -0.05) is 24.3 Å². The van der Waals surface area contributed by atoms with Crippen molar-refractivity contribution in [2.24, 2.45) is 0 Å². The molecule has 3 aromatic rings. The van der Waals surface area contributed by atoms with Crippen LogP contribution in [-0.4, -0.2) is 17.0 Å². The van der Waals surface area contributed by atoms with E-state index < -0.39 is 0 Å². The fraction of sp³-hybridized carbons (Fsp3) is 0.143. The number of nitrogens with zero attached hydrogens (tertiary/aromatic N) is 3. The van der Waals surface area contributed by atoms with E-state index >= 15 is 0 Å². The molecule has 2 heterocycles. The predicted octanol–water partition coefficient (Wildman–Crippen LogP) is 3.33. The molecular formula is C14H13N3S. The van der Waals surface area contributed by atoms with Gasteiger partial charge in [-0.2, -0.15) is 0 Å². The molecule has 0 saturated heterocycles. The summed E-state index contributed by atoms with van der Waals surface area (Å²) in [7, 11) is 2.06. The second kappa shape index (κ2) is 4.74. The molecule has 0 spiro atoms. The lowest BCUT2D eigenvalue weighted by Gasteiger charge is -2.16. The number of hydrogen-bond acceptors (Lipinski definition) is 4. The van der Waals surface area contributed by atoms with E-state index in [4.69, 9.17) is 0 Å². The second-order valence-electron chi connectivity index (χ2n) is 4.16. The fourth-order valence-electron chi connectivity index (χ4n) is 2.02. The summed E-state index contributed by atoms with van der Waals surface area (Å²) in [5.41, 5.74) is 2.30. The lowest BCUT2D eigenvalue weighted by molar-refractivity contribution is 0.919. The van der Waals surface area contributed by atoms with Gasteiger partial charge in [-0.05, 0) is 11.6 Å². The quantitative estimate of drug-likeness (QED) is 0.719. The van der Waals surface area contributed by atoms with Gasteiger partial charge >= 0.3 is 0 Å². The highest BCUT2D eigenvalue weighted by Crippen LogP contribution is 2.21. The van der Waals surface area contributed by atoms with Crippen molar-refractivity contribution in [1.29, 1.82) is 0 Å². The zero-order valence-corrected chi connectivity index (χ0v) is 10.9. The van der Waals surface area contributed by atoms with Gasteiger partial charge < -0.3 is 4.90 Å². The van der Waals surface area contributed by atoms with Crippen molar-refractivity contribution < 1.29 is 0 Å². The molecule has 18 heavy (non-hydrogen) atoms. The molecule has 0 atom stereocenters. The molecule has 0 amide bonds. The number of para-hydroxylation sites is 1. The van der Waals surface area contributed by atoms with Crippen LogP contribution in [0.3, 0.4) is 0 Å². The van der Waals surface area contributed by atoms with E-state index in [1.807, 2.05) is 23.8 Å². The number of fused-ring (bicyclic) bond motifs is 1. The number of pyridine rings is 1. The van der Waals surface area contributed by atoms with E-state index in [0.29, 0.717) is 0 Å². The molecule has 3 nitrogen and oxygen atoms in total. The Hall–Kier alpha value is -1.94. The summed E-state index contributed by atoms with van der Waals surface area (Å²) in [6.07, 6.45) is 3.67. The number of benzene rings is 1. The van der Waals surface area contributed by atoms with Gasteiger partial charge in [-0.25, -0.2) is 4.98 Å². The van der Waals surface area contributed by atoms with Crippen LogP contribution in [0.25, 0.3) is 10.9 Å². The fourth-order valence-corrected chi connectivity index (χ4v) is 2.63. The summed E-state index contributed by atoms with van der Waals surface area (Å²) in [6.45, 7) is 0.821. The number of aromatic nitrogens is 2. The van der Waals surface area contributed by atoms with Gasteiger partial charge in [0.15, 0.2) is 5.13 Å². The van der Waals surface area contributed by atoms with Crippen molar-refractivity contribution in [3.63, 3.8) is 0 Å². The van der Waals surface area contributed by atoms with Crippen molar-refractivity contribution in [3.05, 3.63) is 53.7 Å². The van der Waals surface area contributed by atoms with Gasteiger partial charge in [0.25, 0.3) is 0 Å². The predicted molar refractivity (Wildman–Crippen MR) is 76.0 cm³/mol. The number of rotatable bonds is 3. The Morgan fingerprint density at radius 2 is 2.00 bits per heavy atom. The van der Waals surface area contributed by atoms with Crippen LogP contribution in [0.5, 0.6) is 0 Å². The zero-order valence-electron chi connectivity index (χ0n) is 10.1. The third-order valence-corrected chi connectivity index (χ3v) is 3.76. The summed E-state index contributed by atoms with van der Waals surface area (Å²) in [5.74, 6) is 0. The molecule has 0 aliphatic rings. The molecule has 3 rings (SSSR count). The minimum Gasteiger partial charge on any atom is -0.347 e. The van der Waals surface area contributed by atoms with Gasteiger partial charge in [-0.3, -0.25) is 4.98 Å². The Morgan fingerprint density at radius 1 is 1.11 bits per heavy atom. The van der Waals surface area contributed by atoms with E-state index in [2.05, 4.69) is 46.2 Å². The van der Waals surface area contributed by atoms with Crippen molar-refractivity contribution >= 4 is 27.4 Å². The van der Waals surface area contributed by atoms with Crippen molar-refractivity contribution in [3.8, 4) is 0 Å². The summed E-state index contributed by atoms with van der Waals surface area (Å²) in [5, 5.41) is 4.21. The second-order valence-corrected chi connectivity index (χ2v) is 5.04. The maximum Gasteiger partial charge on any atom is 0.185 e. The van der Waals surface area contributed by atoms with Crippen molar-refractivity contribution in [2.75, 3.05) is 11.9 Å². The molecular weight excluding hydrogens is 242 g/mol. The van der Waals surface area contributed by atoms with Crippen LogP contribution in [-0.2, 0) is 6.54 Å². The first kappa shape index (κ1) is 11.2. The Morgan fingerprint density at radius 3 is 2.83 bits per heavy atom. The molecule has 0 fully saturated rings. The minimum atomic E-state index is 0.821. The van der Waals surface area contributed by atoms with Gasteiger partial charge in [0.2, 0.25) is 0 Å². The van der Waals surface area contributed by atoms with Crippen molar-refractivity contribution in [1.82, 2.24) is 9.97 Å². The first-order valence-corrected chi connectivity index (χ1v) is 6.66. The highest BCUT2D eigenvalue weighted by Gasteiger charge is 2.07. The maximum atomic E-state index is 4.47. The highest BCUT2D eigenvalue weighted by atomic mass is 32.1. The lowest BCUT2D eigenvalue weighted by Crippen LogP contribution is -2.16. The smallest absolute Gasteiger partial charge is 0.185 e. The van der Waals surface area contributed by atoms with Crippen LogP contribution in [0.4, 0.5) is 5.13 Å². The average Bonchev–Trinajstić information content (AvgIpc) is 2.93. The molecule has 0 aliphatic heterocycles. The number of hydrogen-bond donors (Lipinski definition) is 0. The Kier molecular flexibility index (Phi) is 2.94. The van der Waals surface area contributed by atoms with Crippen LogP contribution < -0.4 is 4.90 Å². The first-order chi connectivity index (χ1) is 8.84. The van der Waals surface area contributed by atoms with E-state index in [9.17, 15) is 0 Å². The maximum absolute atomic E-state index is 4.47. The highest BCUT2D eigenvalue weighted by molar-refractivity contribution is 7.13. The zero-order chi connectivity index (χ0) is 12.4. The molecule has 0 aliphatic carbocycles. The topological polar surface area (TPSA) is 29.0 Å². The van der Waals surface area contributed by atoms with Crippen LogP contribution in [0.2, 0.25) is 0 Å². The van der Waals surface area contributed by atoms with Crippen LogP contribution in [0, 0.1) is 0 Å². The SMILES string of the molecule is CN(Cc1cccc2cccnc12)c1nccs1. The Balaban J connectivity index is 1.95. The van der Waals surface area contributed by atoms with Crippen LogP contribution >= 0.6 is 11.3 Å². The lowest BCUT2D eigenvalue weighted by atomic mass is 10.1. The first-order valence-electron chi connectivity index (χ1n) is 5.78. The van der Waals surface area contributed by atoms with Gasteiger partial charge in [0.1, 0.15) is 0 Å². The third-order valence-electron chi connectivity index (χ3n) is 2.87. The largest absolute Gasteiger partial charge is 0.347 e. The minimum absolute atomic E-state index is 0.821. The Labute approximate surface area is 110 Å². The molecule has 1 aromatic carbocycles. The average molecular weight is 255 g/mol. The van der Waals surface area contributed by atoms with E-state index in [-0.39, 0.29) is 0 Å². The van der Waals surface area contributed by atoms with E-state index in [1.165, 1.54) is 10.9 Å². The summed E-state index contributed by atoms with van der Waals surface area (Å²) in [4.78, 5) is 10.9. The van der Waals surface area contributed by atoms with Crippen LogP contribution in [0.15, 0.2) is 48.1 Å². The number of thiazole rings is 1. The third kappa shape index (κ3) is 2.07. The molecule has 90 valence electrons. The molecule has 0 N–H and O–H groups in total. The van der Waals surface area contributed by atoms with Gasteiger partial charge in [-0.15, -0.1) is 11.3 Å². The summed E-state index contributed by atoms with van der Waals surface area (Å²) < 4.78 is 0. The van der Waals surface area contributed by atoms with E-state index in [1.54, 1.807) is 11.3 Å². The van der Waals surface area contributed by atoms with Gasteiger partial charge in [0, 0.05) is 36.8 Å². The molecule has 4 heteroatoms. The molecule has 2 aromatic heterocycles. The number of anilines is 1. The molecule has 0 saturated carbocycles. The van der Waals surface area contributed by atoms with Crippen molar-refractivity contribution in [2.45, 2.75) is 6.54 Å². The Bertz CT molecular complexity index is 644.